The van der Waals surface area contributed by atoms with E-state index in [4.69, 9.17) is 0 Å². The van der Waals surface area contributed by atoms with Crippen LogP contribution in [0.25, 0.3) is 0 Å². The van der Waals surface area contributed by atoms with E-state index in [0.29, 0.717) is 12.8 Å². The Kier molecular flexibility index (Phi) is 31.9. The van der Waals surface area contributed by atoms with Gasteiger partial charge in [-0.1, -0.05) is 161 Å². The smallest absolute Gasteiger partial charge is 0.221 e. The first-order chi connectivity index (χ1) is 19.6. The molecular formula is C36H71NO3. The Labute approximate surface area is 250 Å². The number of amides is 1. The maximum atomic E-state index is 12.1. The van der Waals surface area contributed by atoms with Crippen LogP contribution in [0.1, 0.15) is 200 Å². The van der Waals surface area contributed by atoms with Crippen molar-refractivity contribution in [2.45, 2.75) is 212 Å². The summed E-state index contributed by atoms with van der Waals surface area (Å²) in [5.74, 6) is -0.0988. The van der Waals surface area contributed by atoms with Gasteiger partial charge in [-0.25, -0.2) is 0 Å². The van der Waals surface area contributed by atoms with Gasteiger partial charge in [0.1, 0.15) is 6.23 Å². The van der Waals surface area contributed by atoms with Crippen LogP contribution in [0.15, 0.2) is 12.2 Å². The third-order valence-electron chi connectivity index (χ3n) is 8.13. The van der Waals surface area contributed by atoms with E-state index in [2.05, 4.69) is 31.3 Å². The van der Waals surface area contributed by atoms with Crippen LogP contribution in [-0.2, 0) is 4.79 Å². The van der Waals surface area contributed by atoms with Gasteiger partial charge in [0.15, 0.2) is 0 Å². The summed E-state index contributed by atoms with van der Waals surface area (Å²) < 4.78 is 0. The second kappa shape index (κ2) is 32.6. The Hall–Kier alpha value is -0.870. The van der Waals surface area contributed by atoms with Crippen LogP contribution < -0.4 is 5.32 Å². The lowest BCUT2D eigenvalue weighted by Crippen LogP contribution is -2.37. The van der Waals surface area contributed by atoms with Crippen LogP contribution in [-0.4, -0.2) is 28.5 Å². The average molecular weight is 566 g/mol. The molecular weight excluding hydrogens is 494 g/mol. The van der Waals surface area contributed by atoms with Gasteiger partial charge in [-0.15, -0.1) is 0 Å². The second-order valence-corrected chi connectivity index (χ2v) is 12.3. The number of hydrogen-bond acceptors (Lipinski definition) is 3. The SMILES string of the molecule is CCCCCCCC/C=C\CCCCCCCC(=O)NC(O)CC(O)CCCCCCCCCCCCCCC. The number of nitrogens with one attached hydrogen (secondary N) is 1. The first-order valence-electron chi connectivity index (χ1n) is 17.9. The highest BCUT2D eigenvalue weighted by molar-refractivity contribution is 5.75. The summed E-state index contributed by atoms with van der Waals surface area (Å²) >= 11 is 0. The van der Waals surface area contributed by atoms with Crippen LogP contribution >= 0.6 is 0 Å². The lowest BCUT2D eigenvalue weighted by molar-refractivity contribution is -0.124. The quantitative estimate of drug-likeness (QED) is 0.0431. The number of carbonyl (C=O) groups is 1. The van der Waals surface area contributed by atoms with E-state index >= 15 is 0 Å². The zero-order valence-corrected chi connectivity index (χ0v) is 27.1. The number of hydrogen-bond donors (Lipinski definition) is 3. The fraction of sp³-hybridized carbons (Fsp3) is 0.917. The van der Waals surface area contributed by atoms with Crippen LogP contribution in [0.3, 0.4) is 0 Å². The molecule has 0 fully saturated rings. The minimum Gasteiger partial charge on any atom is -0.393 e. The molecule has 0 aromatic rings. The van der Waals surface area contributed by atoms with Gasteiger partial charge in [-0.05, 0) is 38.5 Å². The highest BCUT2D eigenvalue weighted by Crippen LogP contribution is 2.15. The first-order valence-corrected chi connectivity index (χ1v) is 17.9. The monoisotopic (exact) mass is 566 g/mol. The molecule has 3 N–H and O–H groups in total. The molecule has 2 atom stereocenters. The van der Waals surface area contributed by atoms with Crippen molar-refractivity contribution < 1.29 is 15.0 Å². The number of carbonyl (C=O) groups excluding carboxylic acids is 1. The predicted molar refractivity (Wildman–Crippen MR) is 175 cm³/mol. The summed E-state index contributed by atoms with van der Waals surface area (Å²) in [7, 11) is 0. The Bertz CT molecular complexity index is 536. The van der Waals surface area contributed by atoms with Crippen molar-refractivity contribution in [2.75, 3.05) is 0 Å². The van der Waals surface area contributed by atoms with Gasteiger partial charge in [-0.2, -0.15) is 0 Å². The molecule has 238 valence electrons. The van der Waals surface area contributed by atoms with E-state index in [9.17, 15) is 15.0 Å². The fourth-order valence-electron chi connectivity index (χ4n) is 5.45. The fourth-order valence-corrected chi connectivity index (χ4v) is 5.45. The maximum absolute atomic E-state index is 12.1. The molecule has 0 aliphatic rings. The van der Waals surface area contributed by atoms with Gasteiger partial charge >= 0.3 is 0 Å². The average Bonchev–Trinajstić information content (AvgIpc) is 2.93. The highest BCUT2D eigenvalue weighted by atomic mass is 16.3. The summed E-state index contributed by atoms with van der Waals surface area (Å²) in [5, 5.41) is 23.0. The van der Waals surface area contributed by atoms with Crippen molar-refractivity contribution in [1.29, 1.82) is 0 Å². The van der Waals surface area contributed by atoms with Crippen molar-refractivity contribution in [2.24, 2.45) is 0 Å². The van der Waals surface area contributed by atoms with Crippen LogP contribution in [0.5, 0.6) is 0 Å². The van der Waals surface area contributed by atoms with Crippen molar-refractivity contribution in [1.82, 2.24) is 5.32 Å². The van der Waals surface area contributed by atoms with Gasteiger partial charge in [-0.3, -0.25) is 4.79 Å². The standard InChI is InChI=1S/C36H71NO3/c1-3-5-7-9-11-13-15-17-18-20-22-24-26-28-30-32-35(39)37-36(40)33-34(38)31-29-27-25-23-21-19-16-14-12-10-8-6-4-2/h17-18,34,36,38,40H,3-16,19-33H2,1-2H3,(H,37,39)/b18-17-. The zero-order chi connectivity index (χ0) is 29.4. The molecule has 4 nitrogen and oxygen atoms in total. The molecule has 1 amide bonds. The minimum atomic E-state index is -0.937. The van der Waals surface area contributed by atoms with Crippen molar-refractivity contribution in [3.05, 3.63) is 12.2 Å². The van der Waals surface area contributed by atoms with E-state index in [1.54, 1.807) is 0 Å². The molecule has 0 saturated carbocycles. The van der Waals surface area contributed by atoms with Gasteiger partial charge in [0.2, 0.25) is 5.91 Å². The lowest BCUT2D eigenvalue weighted by atomic mass is 10.0. The number of rotatable bonds is 32. The largest absolute Gasteiger partial charge is 0.393 e. The van der Waals surface area contributed by atoms with Gasteiger partial charge in [0.25, 0.3) is 0 Å². The van der Waals surface area contributed by atoms with Gasteiger partial charge in [0.05, 0.1) is 6.10 Å². The summed E-state index contributed by atoms with van der Waals surface area (Å²) in [6.07, 6.45) is 37.8. The van der Waals surface area contributed by atoms with Gasteiger partial charge in [0, 0.05) is 12.8 Å². The number of allylic oxidation sites excluding steroid dienone is 2. The molecule has 40 heavy (non-hydrogen) atoms. The van der Waals surface area contributed by atoms with Crippen LogP contribution in [0.4, 0.5) is 0 Å². The van der Waals surface area contributed by atoms with Crippen molar-refractivity contribution in [3.8, 4) is 0 Å². The second-order valence-electron chi connectivity index (χ2n) is 12.3. The zero-order valence-electron chi connectivity index (χ0n) is 27.1. The summed E-state index contributed by atoms with van der Waals surface area (Å²) in [4.78, 5) is 12.1. The van der Waals surface area contributed by atoms with E-state index in [-0.39, 0.29) is 12.3 Å². The molecule has 0 saturated heterocycles. The topological polar surface area (TPSA) is 69.6 Å². The minimum absolute atomic E-state index is 0.0988. The highest BCUT2D eigenvalue weighted by Gasteiger charge is 2.14. The predicted octanol–water partition coefficient (Wildman–Crippen LogP) is 10.7. The molecule has 0 rings (SSSR count). The van der Waals surface area contributed by atoms with Gasteiger partial charge < -0.3 is 15.5 Å². The third kappa shape index (κ3) is 31.7. The molecule has 0 aliphatic carbocycles. The molecule has 4 heteroatoms. The molecule has 0 aromatic carbocycles. The molecule has 0 heterocycles. The molecule has 0 bridgehead atoms. The summed E-state index contributed by atoms with van der Waals surface area (Å²) in [6.45, 7) is 4.53. The van der Waals surface area contributed by atoms with E-state index < -0.39 is 12.3 Å². The molecule has 0 aromatic heterocycles. The van der Waals surface area contributed by atoms with E-state index in [1.165, 1.54) is 141 Å². The first kappa shape index (κ1) is 39.1. The molecule has 2 unspecified atom stereocenters. The van der Waals surface area contributed by atoms with Crippen molar-refractivity contribution >= 4 is 5.91 Å². The molecule has 0 aliphatic heterocycles. The Morgan fingerprint density at radius 1 is 0.550 bits per heavy atom. The number of unbranched alkanes of at least 4 members (excludes halogenated alkanes) is 23. The van der Waals surface area contributed by atoms with E-state index in [1.807, 2.05) is 0 Å². The van der Waals surface area contributed by atoms with E-state index in [0.717, 1.165) is 25.7 Å². The Morgan fingerprint density at radius 3 is 1.38 bits per heavy atom. The summed E-state index contributed by atoms with van der Waals surface area (Å²) in [6, 6.07) is 0. The van der Waals surface area contributed by atoms with Crippen molar-refractivity contribution in [3.63, 3.8) is 0 Å². The maximum Gasteiger partial charge on any atom is 0.221 e. The van der Waals surface area contributed by atoms with Crippen LogP contribution in [0, 0.1) is 0 Å². The number of aliphatic hydroxyl groups excluding tert-OH is 2. The summed E-state index contributed by atoms with van der Waals surface area (Å²) in [5.41, 5.74) is 0. The molecule has 0 spiro atoms. The lowest BCUT2D eigenvalue weighted by Gasteiger charge is -2.17. The Balaban J connectivity index is 3.44. The normalized spacial score (nSPS) is 13.2. The molecule has 0 radical (unpaired) electrons. The number of aliphatic hydroxyl groups is 2. The Morgan fingerprint density at radius 2 is 0.925 bits per heavy atom. The van der Waals surface area contributed by atoms with Crippen LogP contribution in [0.2, 0.25) is 0 Å². The third-order valence-corrected chi connectivity index (χ3v) is 8.13.